The molecule has 1 aliphatic rings. The van der Waals surface area contributed by atoms with E-state index in [0.717, 1.165) is 28.1 Å². The highest BCUT2D eigenvalue weighted by molar-refractivity contribution is 6.46. The Bertz CT molecular complexity index is 1250. The van der Waals surface area contributed by atoms with Crippen LogP contribution < -0.4 is 14.7 Å². The number of imide groups is 1. The van der Waals surface area contributed by atoms with Crippen molar-refractivity contribution < 1.29 is 9.59 Å². The number of hydrogen-bond acceptors (Lipinski definition) is 4. The lowest BCUT2D eigenvalue weighted by atomic mass is 9.97. The average Bonchev–Trinajstić information content (AvgIpc) is 3.05. The molecule has 5 heteroatoms. The lowest BCUT2D eigenvalue weighted by Crippen LogP contribution is -2.35. The van der Waals surface area contributed by atoms with Crippen LogP contribution in [0.5, 0.6) is 0 Å². The van der Waals surface area contributed by atoms with Crippen molar-refractivity contribution in [3.63, 3.8) is 0 Å². The van der Waals surface area contributed by atoms with Crippen molar-refractivity contribution in [3.05, 3.63) is 95.2 Å². The van der Waals surface area contributed by atoms with Gasteiger partial charge in [0.15, 0.2) is 0 Å². The lowest BCUT2D eigenvalue weighted by Gasteiger charge is -2.25. The second kappa shape index (κ2) is 8.94. The molecule has 1 heterocycles. The third-order valence-electron chi connectivity index (χ3n) is 5.97. The van der Waals surface area contributed by atoms with E-state index in [1.807, 2.05) is 117 Å². The number of rotatable bonds is 6. The number of anilines is 3. The van der Waals surface area contributed by atoms with Crippen molar-refractivity contribution >= 4 is 34.4 Å². The van der Waals surface area contributed by atoms with Crippen LogP contribution in [0.15, 0.2) is 78.5 Å². The molecule has 3 aromatic carbocycles. The van der Waals surface area contributed by atoms with E-state index in [9.17, 15) is 9.59 Å². The molecule has 0 saturated heterocycles. The Morgan fingerprint density at radius 2 is 1.48 bits per heavy atom. The van der Waals surface area contributed by atoms with E-state index in [1.54, 1.807) is 0 Å². The van der Waals surface area contributed by atoms with Gasteiger partial charge in [-0.15, -0.1) is 0 Å². The summed E-state index contributed by atoms with van der Waals surface area (Å²) in [5, 5.41) is 0. The molecule has 0 saturated carbocycles. The summed E-state index contributed by atoms with van der Waals surface area (Å²) in [5.74, 6) is -0.608. The predicted octanol–water partition coefficient (Wildman–Crippen LogP) is 5.18. The van der Waals surface area contributed by atoms with Gasteiger partial charge in [0.1, 0.15) is 5.70 Å². The van der Waals surface area contributed by atoms with Crippen LogP contribution in [-0.4, -0.2) is 32.5 Å². The van der Waals surface area contributed by atoms with Gasteiger partial charge in [0, 0.05) is 32.0 Å². The van der Waals surface area contributed by atoms with Crippen LogP contribution in [0, 0.1) is 13.8 Å². The maximum absolute atomic E-state index is 13.9. The van der Waals surface area contributed by atoms with Gasteiger partial charge < -0.3 is 9.80 Å². The molecule has 33 heavy (non-hydrogen) atoms. The Balaban J connectivity index is 1.93. The van der Waals surface area contributed by atoms with Crippen LogP contribution in [0.25, 0.3) is 5.57 Å². The van der Waals surface area contributed by atoms with Crippen LogP contribution in [0.1, 0.15) is 23.6 Å². The molecule has 0 bridgehead atoms. The molecule has 2 amide bonds. The van der Waals surface area contributed by atoms with Gasteiger partial charge in [-0.1, -0.05) is 48.0 Å². The zero-order chi connectivity index (χ0) is 23.7. The molecule has 0 N–H and O–H groups in total. The van der Waals surface area contributed by atoms with Crippen molar-refractivity contribution in [2.75, 3.05) is 35.3 Å². The van der Waals surface area contributed by atoms with Crippen LogP contribution in [0.2, 0.25) is 0 Å². The third kappa shape index (κ3) is 4.02. The lowest BCUT2D eigenvalue weighted by molar-refractivity contribution is -0.120. The van der Waals surface area contributed by atoms with Crippen molar-refractivity contribution in [1.29, 1.82) is 0 Å². The molecule has 168 valence electrons. The number of nitrogens with zero attached hydrogens (tertiary/aromatic N) is 3. The maximum atomic E-state index is 13.9. The quantitative estimate of drug-likeness (QED) is 0.497. The number of carbonyl (C=O) groups is 2. The highest BCUT2D eigenvalue weighted by atomic mass is 16.2. The number of benzene rings is 3. The minimum Gasteiger partial charge on any atom is -0.378 e. The largest absolute Gasteiger partial charge is 0.378 e. The van der Waals surface area contributed by atoms with Crippen molar-refractivity contribution in [2.45, 2.75) is 20.8 Å². The summed E-state index contributed by atoms with van der Waals surface area (Å²) in [4.78, 5) is 33.0. The molecule has 3 aromatic rings. The minimum absolute atomic E-state index is 0.299. The summed E-state index contributed by atoms with van der Waals surface area (Å²) >= 11 is 0. The fraction of sp³-hybridized carbons (Fsp3) is 0.214. The zero-order valence-corrected chi connectivity index (χ0v) is 19.8. The van der Waals surface area contributed by atoms with E-state index in [0.29, 0.717) is 23.5 Å². The molecule has 4 rings (SSSR count). The highest BCUT2D eigenvalue weighted by Crippen LogP contribution is 2.38. The van der Waals surface area contributed by atoms with E-state index in [-0.39, 0.29) is 11.8 Å². The second-order valence-corrected chi connectivity index (χ2v) is 8.48. The standard InChI is InChI=1S/C28H29N3O2/c1-6-30(21-11-8-7-9-12-21)26-25(24-16-15-19(2)17-20(24)3)27(32)31(28(26)33)23-14-10-13-22(18-23)29(4)5/h7-18H,6H2,1-5H3. The Kier molecular flexibility index (Phi) is 6.05. The van der Waals surface area contributed by atoms with Gasteiger partial charge in [0.25, 0.3) is 11.8 Å². The molecule has 0 atom stereocenters. The van der Waals surface area contributed by atoms with Crippen LogP contribution in [0.4, 0.5) is 17.1 Å². The van der Waals surface area contributed by atoms with Crippen LogP contribution in [0.3, 0.4) is 0 Å². The Hall–Kier alpha value is -3.86. The fourth-order valence-corrected chi connectivity index (χ4v) is 4.33. The zero-order valence-electron chi connectivity index (χ0n) is 19.8. The minimum atomic E-state index is -0.309. The Morgan fingerprint density at radius 3 is 2.12 bits per heavy atom. The molecule has 0 aliphatic carbocycles. The van der Waals surface area contributed by atoms with Crippen molar-refractivity contribution in [3.8, 4) is 0 Å². The first-order valence-corrected chi connectivity index (χ1v) is 11.1. The topological polar surface area (TPSA) is 43.9 Å². The van der Waals surface area contributed by atoms with Gasteiger partial charge in [0.05, 0.1) is 11.3 Å². The fourth-order valence-electron chi connectivity index (χ4n) is 4.33. The molecular weight excluding hydrogens is 410 g/mol. The summed E-state index contributed by atoms with van der Waals surface area (Å²) in [6, 6.07) is 23.2. The first kappa shape index (κ1) is 22.3. The van der Waals surface area contributed by atoms with Gasteiger partial charge >= 0.3 is 0 Å². The van der Waals surface area contributed by atoms with Gasteiger partial charge in [-0.05, 0) is 62.2 Å². The predicted molar refractivity (Wildman–Crippen MR) is 136 cm³/mol. The number of hydrogen-bond donors (Lipinski definition) is 0. The molecule has 0 spiro atoms. The molecule has 0 radical (unpaired) electrons. The molecule has 5 nitrogen and oxygen atoms in total. The summed E-state index contributed by atoms with van der Waals surface area (Å²) in [7, 11) is 3.87. The van der Waals surface area contributed by atoms with E-state index < -0.39 is 0 Å². The first-order chi connectivity index (χ1) is 15.8. The molecule has 0 fully saturated rings. The average molecular weight is 440 g/mol. The molecule has 0 unspecified atom stereocenters. The van der Waals surface area contributed by atoms with Gasteiger partial charge in [-0.2, -0.15) is 0 Å². The summed E-state index contributed by atoms with van der Waals surface area (Å²) in [6.07, 6.45) is 0. The van der Waals surface area contributed by atoms with Crippen molar-refractivity contribution in [1.82, 2.24) is 0 Å². The third-order valence-corrected chi connectivity index (χ3v) is 5.97. The maximum Gasteiger partial charge on any atom is 0.282 e. The van der Waals surface area contributed by atoms with E-state index in [4.69, 9.17) is 0 Å². The van der Waals surface area contributed by atoms with Crippen molar-refractivity contribution in [2.24, 2.45) is 0 Å². The SMILES string of the molecule is CCN(C1=C(c2ccc(C)cc2C)C(=O)N(c2cccc(N(C)C)c2)C1=O)c1ccccc1. The van der Waals surface area contributed by atoms with E-state index in [2.05, 4.69) is 0 Å². The summed E-state index contributed by atoms with van der Waals surface area (Å²) in [5.41, 5.74) is 6.09. The monoisotopic (exact) mass is 439 g/mol. The number of likely N-dealkylation sites (N-methyl/N-ethyl adjacent to an activating group) is 1. The van der Waals surface area contributed by atoms with Gasteiger partial charge in [0.2, 0.25) is 0 Å². The van der Waals surface area contributed by atoms with Crippen LogP contribution in [-0.2, 0) is 9.59 Å². The number of aryl methyl sites for hydroxylation is 2. The normalized spacial score (nSPS) is 13.7. The number of para-hydroxylation sites is 1. The van der Waals surface area contributed by atoms with Gasteiger partial charge in [-0.3, -0.25) is 9.59 Å². The summed E-state index contributed by atoms with van der Waals surface area (Å²) < 4.78 is 0. The summed E-state index contributed by atoms with van der Waals surface area (Å²) in [6.45, 7) is 6.55. The van der Waals surface area contributed by atoms with Gasteiger partial charge in [-0.25, -0.2) is 4.90 Å². The number of carbonyl (C=O) groups excluding carboxylic acids is 2. The smallest absolute Gasteiger partial charge is 0.282 e. The van der Waals surface area contributed by atoms with E-state index >= 15 is 0 Å². The van der Waals surface area contributed by atoms with E-state index in [1.165, 1.54) is 4.90 Å². The molecule has 0 aromatic heterocycles. The highest BCUT2D eigenvalue weighted by Gasteiger charge is 2.43. The van der Waals surface area contributed by atoms with Crippen LogP contribution >= 0.6 is 0 Å². The second-order valence-electron chi connectivity index (χ2n) is 8.48. The Labute approximate surface area is 195 Å². The Morgan fingerprint density at radius 1 is 0.788 bits per heavy atom. The number of amides is 2. The molecule has 1 aliphatic heterocycles. The molecular formula is C28H29N3O2. The first-order valence-electron chi connectivity index (χ1n) is 11.1.